The van der Waals surface area contributed by atoms with Gasteiger partial charge in [-0.1, -0.05) is 20.3 Å². The maximum Gasteiger partial charge on any atom is 0.337 e. The van der Waals surface area contributed by atoms with Gasteiger partial charge in [-0.15, -0.1) is 0 Å². The van der Waals surface area contributed by atoms with Crippen LogP contribution in [0, 0.1) is 6.92 Å². The summed E-state index contributed by atoms with van der Waals surface area (Å²) >= 11 is 0. The molecule has 1 N–H and O–H groups in total. The second kappa shape index (κ2) is 6.34. The Morgan fingerprint density at radius 3 is 2.41 bits per heavy atom. The van der Waals surface area contributed by atoms with E-state index in [0.717, 1.165) is 42.5 Å². The van der Waals surface area contributed by atoms with E-state index in [2.05, 4.69) is 6.92 Å². The molecule has 0 spiro atoms. The van der Waals surface area contributed by atoms with Gasteiger partial charge in [0.1, 0.15) is 0 Å². The minimum absolute atomic E-state index is 0.0117. The third-order valence-electron chi connectivity index (χ3n) is 4.20. The maximum atomic E-state index is 12.1. The molecule has 1 aromatic carbocycles. The Balaban J connectivity index is 2.90. The van der Waals surface area contributed by atoms with Crippen LogP contribution in [0.15, 0.2) is 12.1 Å². The summed E-state index contributed by atoms with van der Waals surface area (Å²) < 4.78 is 2.00. The van der Waals surface area contributed by atoms with E-state index < -0.39 is 5.97 Å². The van der Waals surface area contributed by atoms with Crippen molar-refractivity contribution in [3.05, 3.63) is 34.5 Å². The van der Waals surface area contributed by atoms with Crippen LogP contribution in [0.1, 0.15) is 65.6 Å². The molecular formula is C18H23NO3. The largest absolute Gasteiger partial charge is 0.478 e. The first-order valence-corrected chi connectivity index (χ1v) is 7.82. The highest BCUT2D eigenvalue weighted by Crippen LogP contribution is 2.31. The predicted octanol–water partition coefficient (Wildman–Crippen LogP) is 4.21. The first-order chi connectivity index (χ1) is 10.4. The van der Waals surface area contributed by atoms with Gasteiger partial charge in [0.15, 0.2) is 5.78 Å². The summed E-state index contributed by atoms with van der Waals surface area (Å²) in [5, 5.41) is 10.4. The molecule has 0 aliphatic rings. The Kier molecular flexibility index (Phi) is 4.69. The topological polar surface area (TPSA) is 59.3 Å². The number of carbonyl (C=O) groups is 2. The van der Waals surface area contributed by atoms with Crippen LogP contribution in [0.3, 0.4) is 0 Å². The maximum absolute atomic E-state index is 12.1. The smallest absolute Gasteiger partial charge is 0.337 e. The van der Waals surface area contributed by atoms with Gasteiger partial charge >= 0.3 is 5.97 Å². The fourth-order valence-electron chi connectivity index (χ4n) is 3.08. The third kappa shape index (κ3) is 2.65. The van der Waals surface area contributed by atoms with Crippen LogP contribution >= 0.6 is 0 Å². The summed E-state index contributed by atoms with van der Waals surface area (Å²) in [5.41, 5.74) is 3.44. The number of hydrogen-bond donors (Lipinski definition) is 1. The molecule has 1 aromatic heterocycles. The summed E-state index contributed by atoms with van der Waals surface area (Å²) in [4.78, 5) is 23.8. The van der Waals surface area contributed by atoms with Gasteiger partial charge in [-0.05, 0) is 44.4 Å². The van der Waals surface area contributed by atoms with Crippen molar-refractivity contribution in [3.63, 3.8) is 0 Å². The van der Waals surface area contributed by atoms with Crippen LogP contribution in [0.2, 0.25) is 0 Å². The first-order valence-electron chi connectivity index (χ1n) is 7.82. The SMILES string of the molecule is CCCCn1c(C)c(C(C)=O)c2cc(CC)cc(C(=O)O)c21. The van der Waals surface area contributed by atoms with Crippen molar-refractivity contribution in [1.29, 1.82) is 0 Å². The fraction of sp³-hybridized carbons (Fsp3) is 0.444. The molecule has 22 heavy (non-hydrogen) atoms. The normalized spacial score (nSPS) is 11.1. The van der Waals surface area contributed by atoms with Crippen molar-refractivity contribution < 1.29 is 14.7 Å². The van der Waals surface area contributed by atoms with Gasteiger partial charge in [-0.25, -0.2) is 4.79 Å². The zero-order valence-corrected chi connectivity index (χ0v) is 13.7. The van der Waals surface area contributed by atoms with Gasteiger partial charge in [0.25, 0.3) is 0 Å². The summed E-state index contributed by atoms with van der Waals surface area (Å²) in [5.74, 6) is -0.951. The van der Waals surface area contributed by atoms with Crippen molar-refractivity contribution in [2.24, 2.45) is 0 Å². The number of aromatic nitrogens is 1. The number of nitrogens with zero attached hydrogens (tertiary/aromatic N) is 1. The van der Waals surface area contributed by atoms with Gasteiger partial charge in [-0.2, -0.15) is 0 Å². The van der Waals surface area contributed by atoms with E-state index >= 15 is 0 Å². The van der Waals surface area contributed by atoms with Gasteiger partial charge in [0, 0.05) is 23.2 Å². The number of rotatable bonds is 6. The Hall–Kier alpha value is -2.10. The number of carboxylic acid groups (broad SMARTS) is 1. The lowest BCUT2D eigenvalue weighted by molar-refractivity contribution is 0.0698. The average molecular weight is 301 g/mol. The molecule has 0 amide bonds. The lowest BCUT2D eigenvalue weighted by atomic mass is 10.0. The highest BCUT2D eigenvalue weighted by atomic mass is 16.4. The van der Waals surface area contributed by atoms with E-state index in [1.165, 1.54) is 0 Å². The molecule has 4 heteroatoms. The van der Waals surface area contributed by atoms with Crippen LogP contribution in [-0.4, -0.2) is 21.4 Å². The summed E-state index contributed by atoms with van der Waals surface area (Å²) in [6.07, 6.45) is 2.72. The molecule has 118 valence electrons. The van der Waals surface area contributed by atoms with Crippen molar-refractivity contribution in [2.45, 2.75) is 53.5 Å². The Bertz CT molecular complexity index is 741. The summed E-state index contributed by atoms with van der Waals surface area (Å²) in [7, 11) is 0. The van der Waals surface area contributed by atoms with Gasteiger partial charge in [0.05, 0.1) is 11.1 Å². The molecule has 0 fully saturated rings. The number of Topliss-reactive ketones (excluding diaryl/α,β-unsaturated/α-hetero) is 1. The lowest BCUT2D eigenvalue weighted by Crippen LogP contribution is -2.06. The van der Waals surface area contributed by atoms with E-state index in [4.69, 9.17) is 0 Å². The van der Waals surface area contributed by atoms with Crippen LogP contribution in [0.5, 0.6) is 0 Å². The molecule has 0 saturated carbocycles. The Morgan fingerprint density at radius 1 is 1.23 bits per heavy atom. The second-order valence-corrected chi connectivity index (χ2v) is 5.72. The van der Waals surface area contributed by atoms with Crippen LogP contribution in [-0.2, 0) is 13.0 Å². The molecule has 2 aromatic rings. The summed E-state index contributed by atoms with van der Waals surface area (Å²) in [6, 6.07) is 3.70. The highest BCUT2D eigenvalue weighted by molar-refractivity contribution is 6.13. The van der Waals surface area contributed by atoms with Crippen molar-refractivity contribution >= 4 is 22.7 Å². The minimum Gasteiger partial charge on any atom is -0.478 e. The molecule has 0 saturated heterocycles. The van der Waals surface area contributed by atoms with Crippen LogP contribution < -0.4 is 0 Å². The number of carbonyl (C=O) groups excluding carboxylic acids is 1. The third-order valence-corrected chi connectivity index (χ3v) is 4.20. The lowest BCUT2D eigenvalue weighted by Gasteiger charge is -2.10. The number of hydrogen-bond acceptors (Lipinski definition) is 2. The van der Waals surface area contributed by atoms with E-state index in [-0.39, 0.29) is 5.78 Å². The Morgan fingerprint density at radius 2 is 1.91 bits per heavy atom. The molecule has 0 aliphatic carbocycles. The number of ketones is 1. The van der Waals surface area contributed by atoms with Crippen LogP contribution in [0.25, 0.3) is 10.9 Å². The Labute approximate surface area is 130 Å². The monoisotopic (exact) mass is 301 g/mol. The number of unbranched alkanes of at least 4 members (excludes halogenated alkanes) is 1. The fourth-order valence-corrected chi connectivity index (χ4v) is 3.08. The predicted molar refractivity (Wildman–Crippen MR) is 87.9 cm³/mol. The van der Waals surface area contributed by atoms with Gasteiger partial charge in [-0.3, -0.25) is 4.79 Å². The van der Waals surface area contributed by atoms with Crippen molar-refractivity contribution in [1.82, 2.24) is 4.57 Å². The highest BCUT2D eigenvalue weighted by Gasteiger charge is 2.22. The number of carboxylic acids is 1. The van der Waals surface area contributed by atoms with Crippen molar-refractivity contribution in [2.75, 3.05) is 0 Å². The number of benzene rings is 1. The number of fused-ring (bicyclic) bond motifs is 1. The molecule has 0 unspecified atom stereocenters. The molecule has 0 aliphatic heterocycles. The van der Waals surface area contributed by atoms with Gasteiger partial charge in [0.2, 0.25) is 0 Å². The second-order valence-electron chi connectivity index (χ2n) is 5.72. The van der Waals surface area contributed by atoms with E-state index in [9.17, 15) is 14.7 Å². The molecule has 0 bridgehead atoms. The van der Waals surface area contributed by atoms with E-state index in [1.807, 2.05) is 24.5 Å². The quantitative estimate of drug-likeness (QED) is 0.813. The van der Waals surface area contributed by atoms with E-state index in [1.54, 1.807) is 13.0 Å². The number of aryl methyl sites for hydroxylation is 2. The first kappa shape index (κ1) is 16.3. The molecule has 2 rings (SSSR count). The number of aromatic carboxylic acids is 1. The minimum atomic E-state index is -0.939. The average Bonchev–Trinajstić information content (AvgIpc) is 2.75. The zero-order chi connectivity index (χ0) is 16.4. The molecule has 0 atom stereocenters. The standard InChI is InChI=1S/C18H23NO3/c1-5-7-8-19-11(3)16(12(4)20)14-9-13(6-2)10-15(17(14)19)18(21)22/h9-10H,5-8H2,1-4H3,(H,21,22). The van der Waals surface area contributed by atoms with Crippen LogP contribution in [0.4, 0.5) is 0 Å². The molecule has 4 nitrogen and oxygen atoms in total. The molecular weight excluding hydrogens is 278 g/mol. The van der Waals surface area contributed by atoms with Crippen molar-refractivity contribution in [3.8, 4) is 0 Å². The molecule has 0 radical (unpaired) electrons. The molecule has 1 heterocycles. The zero-order valence-electron chi connectivity index (χ0n) is 13.7. The summed E-state index contributed by atoms with van der Waals surface area (Å²) in [6.45, 7) is 8.27. The van der Waals surface area contributed by atoms with Gasteiger partial charge < -0.3 is 9.67 Å². The van der Waals surface area contributed by atoms with E-state index in [0.29, 0.717) is 16.6 Å².